The third-order valence-corrected chi connectivity index (χ3v) is 2.41. The molecule has 4 heteroatoms. The second-order valence-electron chi connectivity index (χ2n) is 3.10. The van der Waals surface area contributed by atoms with Crippen LogP contribution in [0.4, 0.5) is 5.82 Å². The Morgan fingerprint density at radius 2 is 2.14 bits per heavy atom. The summed E-state index contributed by atoms with van der Waals surface area (Å²) in [6.07, 6.45) is 0. The number of halogens is 1. The number of hydrogen-bond acceptors (Lipinski definition) is 2. The van der Waals surface area contributed by atoms with Gasteiger partial charge in [0.05, 0.1) is 11.4 Å². The van der Waals surface area contributed by atoms with Crippen molar-refractivity contribution in [3.8, 4) is 5.69 Å². The molecule has 0 amide bonds. The first kappa shape index (κ1) is 9.27. The molecule has 14 heavy (non-hydrogen) atoms. The normalized spacial score (nSPS) is 10.4. The molecule has 72 valence electrons. The standard InChI is InChI=1S/C10H10BrN3/c1-7-5-10(12)14(13-7)9-4-2-3-8(11)6-9/h2-6H,12H2,1H3. The fourth-order valence-corrected chi connectivity index (χ4v) is 1.72. The summed E-state index contributed by atoms with van der Waals surface area (Å²) in [6, 6.07) is 9.71. The van der Waals surface area contributed by atoms with Crippen molar-refractivity contribution in [1.82, 2.24) is 9.78 Å². The van der Waals surface area contributed by atoms with Gasteiger partial charge in [0.15, 0.2) is 0 Å². The Balaban J connectivity index is 2.54. The summed E-state index contributed by atoms with van der Waals surface area (Å²) in [5.41, 5.74) is 7.69. The summed E-state index contributed by atoms with van der Waals surface area (Å²) in [6.45, 7) is 1.92. The monoisotopic (exact) mass is 251 g/mol. The van der Waals surface area contributed by atoms with E-state index < -0.39 is 0 Å². The van der Waals surface area contributed by atoms with Gasteiger partial charge in [0.1, 0.15) is 5.82 Å². The number of nitrogen functional groups attached to an aromatic ring is 1. The van der Waals surface area contributed by atoms with Crippen LogP contribution in [-0.2, 0) is 0 Å². The number of anilines is 1. The molecule has 2 rings (SSSR count). The SMILES string of the molecule is Cc1cc(N)n(-c2cccc(Br)c2)n1. The molecule has 0 bridgehead atoms. The van der Waals surface area contributed by atoms with E-state index in [0.29, 0.717) is 5.82 Å². The number of nitrogens with two attached hydrogens (primary N) is 1. The molecule has 2 N–H and O–H groups in total. The van der Waals surface area contributed by atoms with Crippen LogP contribution in [0.3, 0.4) is 0 Å². The summed E-state index contributed by atoms with van der Waals surface area (Å²) in [7, 11) is 0. The van der Waals surface area contributed by atoms with Gasteiger partial charge in [-0.1, -0.05) is 22.0 Å². The van der Waals surface area contributed by atoms with Crippen LogP contribution >= 0.6 is 15.9 Å². The molecule has 0 aliphatic heterocycles. The van der Waals surface area contributed by atoms with Crippen LogP contribution in [0, 0.1) is 6.92 Å². The van der Waals surface area contributed by atoms with E-state index in [1.807, 2.05) is 37.3 Å². The second kappa shape index (κ2) is 3.46. The molecule has 3 nitrogen and oxygen atoms in total. The minimum Gasteiger partial charge on any atom is -0.384 e. The molecule has 1 aromatic heterocycles. The quantitative estimate of drug-likeness (QED) is 0.847. The van der Waals surface area contributed by atoms with Crippen molar-refractivity contribution in [2.24, 2.45) is 0 Å². The minimum atomic E-state index is 0.653. The third kappa shape index (κ3) is 1.65. The smallest absolute Gasteiger partial charge is 0.127 e. The first-order chi connectivity index (χ1) is 6.66. The Morgan fingerprint density at radius 1 is 1.36 bits per heavy atom. The lowest BCUT2D eigenvalue weighted by molar-refractivity contribution is 0.871. The topological polar surface area (TPSA) is 43.8 Å². The van der Waals surface area contributed by atoms with Crippen LogP contribution < -0.4 is 5.73 Å². The van der Waals surface area contributed by atoms with Crippen LogP contribution in [0.25, 0.3) is 5.69 Å². The zero-order valence-corrected chi connectivity index (χ0v) is 9.32. The lowest BCUT2D eigenvalue weighted by atomic mass is 10.3. The Bertz CT molecular complexity index is 462. The summed E-state index contributed by atoms with van der Waals surface area (Å²) < 4.78 is 2.74. The van der Waals surface area contributed by atoms with Gasteiger partial charge in [-0.15, -0.1) is 0 Å². The van der Waals surface area contributed by atoms with Gasteiger partial charge < -0.3 is 5.73 Å². The Hall–Kier alpha value is -1.29. The van der Waals surface area contributed by atoms with Crippen molar-refractivity contribution >= 4 is 21.7 Å². The van der Waals surface area contributed by atoms with Crippen LogP contribution in [0.1, 0.15) is 5.69 Å². The van der Waals surface area contributed by atoms with E-state index in [0.717, 1.165) is 15.9 Å². The van der Waals surface area contributed by atoms with Gasteiger partial charge in [-0.25, -0.2) is 4.68 Å². The predicted octanol–water partition coefficient (Wildman–Crippen LogP) is 2.53. The summed E-state index contributed by atoms with van der Waals surface area (Å²) in [5, 5.41) is 4.29. The number of nitrogens with zero attached hydrogens (tertiary/aromatic N) is 2. The van der Waals surface area contributed by atoms with E-state index in [4.69, 9.17) is 5.73 Å². The maximum atomic E-state index is 5.81. The van der Waals surface area contributed by atoms with Gasteiger partial charge in [0, 0.05) is 10.5 Å². The van der Waals surface area contributed by atoms with Crippen LogP contribution in [0.2, 0.25) is 0 Å². The van der Waals surface area contributed by atoms with Gasteiger partial charge in [0.25, 0.3) is 0 Å². The van der Waals surface area contributed by atoms with Crippen molar-refractivity contribution < 1.29 is 0 Å². The van der Waals surface area contributed by atoms with Crippen LogP contribution in [0.5, 0.6) is 0 Å². The molecule has 0 atom stereocenters. The molecule has 2 aromatic rings. The molecule has 0 aliphatic carbocycles. The highest BCUT2D eigenvalue weighted by Gasteiger charge is 2.03. The van der Waals surface area contributed by atoms with Crippen molar-refractivity contribution in [2.75, 3.05) is 5.73 Å². The summed E-state index contributed by atoms with van der Waals surface area (Å²) >= 11 is 3.41. The molecular weight excluding hydrogens is 242 g/mol. The van der Waals surface area contributed by atoms with E-state index in [1.165, 1.54) is 0 Å². The summed E-state index contributed by atoms with van der Waals surface area (Å²) in [5.74, 6) is 0.653. The van der Waals surface area contributed by atoms with E-state index in [9.17, 15) is 0 Å². The molecule has 0 radical (unpaired) electrons. The Labute approximate surface area is 90.7 Å². The summed E-state index contributed by atoms with van der Waals surface area (Å²) in [4.78, 5) is 0. The lowest BCUT2D eigenvalue weighted by Gasteiger charge is -2.03. The van der Waals surface area contributed by atoms with Gasteiger partial charge >= 0.3 is 0 Å². The molecule has 0 aliphatic rings. The molecule has 0 fully saturated rings. The minimum absolute atomic E-state index is 0.653. The predicted molar refractivity (Wildman–Crippen MR) is 60.4 cm³/mol. The second-order valence-corrected chi connectivity index (χ2v) is 4.02. The maximum Gasteiger partial charge on any atom is 0.127 e. The first-order valence-corrected chi connectivity index (χ1v) is 5.04. The zero-order chi connectivity index (χ0) is 10.1. The van der Waals surface area contributed by atoms with E-state index in [2.05, 4.69) is 21.0 Å². The lowest BCUT2D eigenvalue weighted by Crippen LogP contribution is -2.01. The number of benzene rings is 1. The molecule has 0 unspecified atom stereocenters. The van der Waals surface area contributed by atoms with E-state index in [1.54, 1.807) is 4.68 Å². The molecule has 0 saturated heterocycles. The van der Waals surface area contributed by atoms with Gasteiger partial charge in [-0.2, -0.15) is 5.10 Å². The average Bonchev–Trinajstić information content (AvgIpc) is 2.45. The highest BCUT2D eigenvalue weighted by molar-refractivity contribution is 9.10. The van der Waals surface area contributed by atoms with Crippen LogP contribution in [0.15, 0.2) is 34.8 Å². The highest BCUT2D eigenvalue weighted by Crippen LogP contribution is 2.18. The zero-order valence-electron chi connectivity index (χ0n) is 7.74. The van der Waals surface area contributed by atoms with Gasteiger partial charge in [0.2, 0.25) is 0 Å². The van der Waals surface area contributed by atoms with Gasteiger partial charge in [-0.3, -0.25) is 0 Å². The molecule has 0 spiro atoms. The molecule has 0 saturated carbocycles. The van der Waals surface area contributed by atoms with Crippen molar-refractivity contribution in [3.05, 3.63) is 40.5 Å². The number of aromatic nitrogens is 2. The first-order valence-electron chi connectivity index (χ1n) is 4.25. The van der Waals surface area contributed by atoms with Gasteiger partial charge in [-0.05, 0) is 25.1 Å². The number of hydrogen-bond donors (Lipinski definition) is 1. The van der Waals surface area contributed by atoms with E-state index >= 15 is 0 Å². The number of rotatable bonds is 1. The highest BCUT2D eigenvalue weighted by atomic mass is 79.9. The molecule has 1 aromatic carbocycles. The fraction of sp³-hybridized carbons (Fsp3) is 0.100. The molecule has 1 heterocycles. The van der Waals surface area contributed by atoms with Crippen molar-refractivity contribution in [3.63, 3.8) is 0 Å². The average molecular weight is 252 g/mol. The Morgan fingerprint density at radius 3 is 2.71 bits per heavy atom. The molecular formula is C10H10BrN3. The van der Waals surface area contributed by atoms with E-state index in [-0.39, 0.29) is 0 Å². The largest absolute Gasteiger partial charge is 0.384 e. The number of aryl methyl sites for hydroxylation is 1. The maximum absolute atomic E-state index is 5.81. The van der Waals surface area contributed by atoms with Crippen molar-refractivity contribution in [1.29, 1.82) is 0 Å². The third-order valence-electron chi connectivity index (χ3n) is 1.91. The van der Waals surface area contributed by atoms with Crippen molar-refractivity contribution in [2.45, 2.75) is 6.92 Å². The fourth-order valence-electron chi connectivity index (χ4n) is 1.33. The Kier molecular flexibility index (Phi) is 2.29. The van der Waals surface area contributed by atoms with Crippen LogP contribution in [-0.4, -0.2) is 9.78 Å².